The Morgan fingerprint density at radius 2 is 1.96 bits per heavy atom. The van der Waals surface area contributed by atoms with Crippen LogP contribution in [0, 0.1) is 13.8 Å². The predicted molar refractivity (Wildman–Crippen MR) is 104 cm³/mol. The number of phenols is 1. The number of benzene rings is 2. The number of hydrogen-bond donors (Lipinski definition) is 2. The molecule has 0 heterocycles. The second-order valence-corrected chi connectivity index (χ2v) is 6.44. The lowest BCUT2D eigenvalue weighted by atomic mass is 10.1. The molecule has 1 amide bonds. The topological polar surface area (TPSA) is 80.2 Å². The number of aromatic hydroxyl groups is 1. The standard InChI is InChI=1S/C19H21BrN2O4/c1-4-25-16-9-14(8-15(20)18(16)24)10-21-22-17(23)11-26-19-12(2)6-5-7-13(19)3/h5-10,24H,4,11H2,1-3H3,(H,22,23). The van der Waals surface area contributed by atoms with Crippen molar-refractivity contribution in [2.75, 3.05) is 13.2 Å². The Morgan fingerprint density at radius 3 is 2.62 bits per heavy atom. The molecule has 0 aliphatic rings. The minimum atomic E-state index is -0.369. The number of amides is 1. The Hall–Kier alpha value is -2.54. The Labute approximate surface area is 161 Å². The number of rotatable bonds is 7. The highest BCUT2D eigenvalue weighted by Gasteiger charge is 2.09. The highest BCUT2D eigenvalue weighted by atomic mass is 79.9. The molecule has 0 fully saturated rings. The van der Waals surface area contributed by atoms with Gasteiger partial charge in [-0.1, -0.05) is 18.2 Å². The van der Waals surface area contributed by atoms with Gasteiger partial charge in [0.25, 0.3) is 5.91 Å². The SMILES string of the molecule is CCOc1cc(C=NNC(=O)COc2c(C)cccc2C)cc(Br)c1O. The third-order valence-electron chi connectivity index (χ3n) is 3.51. The maximum atomic E-state index is 11.9. The van der Waals surface area contributed by atoms with E-state index in [4.69, 9.17) is 9.47 Å². The lowest BCUT2D eigenvalue weighted by Gasteiger charge is -2.10. The zero-order valence-corrected chi connectivity index (χ0v) is 16.5. The number of carbonyl (C=O) groups excluding carboxylic acids is 1. The molecule has 0 aliphatic carbocycles. The molecule has 2 rings (SSSR count). The van der Waals surface area contributed by atoms with Gasteiger partial charge >= 0.3 is 0 Å². The largest absolute Gasteiger partial charge is 0.503 e. The second-order valence-electron chi connectivity index (χ2n) is 5.59. The molecule has 0 atom stereocenters. The fourth-order valence-corrected chi connectivity index (χ4v) is 2.77. The van der Waals surface area contributed by atoms with Crippen molar-refractivity contribution in [3.8, 4) is 17.2 Å². The summed E-state index contributed by atoms with van der Waals surface area (Å²) in [4.78, 5) is 11.9. The number of nitrogens with one attached hydrogen (secondary N) is 1. The van der Waals surface area contributed by atoms with E-state index in [-0.39, 0.29) is 18.3 Å². The van der Waals surface area contributed by atoms with E-state index in [0.29, 0.717) is 28.1 Å². The third-order valence-corrected chi connectivity index (χ3v) is 4.11. The van der Waals surface area contributed by atoms with E-state index in [1.807, 2.05) is 39.0 Å². The number of phenolic OH excluding ortho intramolecular Hbond substituents is 1. The van der Waals surface area contributed by atoms with Gasteiger partial charge in [0.05, 0.1) is 17.3 Å². The number of carbonyl (C=O) groups is 1. The van der Waals surface area contributed by atoms with Crippen molar-refractivity contribution >= 4 is 28.1 Å². The first-order chi connectivity index (χ1) is 12.4. The van der Waals surface area contributed by atoms with Gasteiger partial charge in [-0.15, -0.1) is 0 Å². The molecule has 0 bridgehead atoms. The molecule has 0 unspecified atom stereocenters. The van der Waals surface area contributed by atoms with Gasteiger partial charge in [0.1, 0.15) is 5.75 Å². The van der Waals surface area contributed by atoms with Crippen molar-refractivity contribution in [1.29, 1.82) is 0 Å². The maximum absolute atomic E-state index is 11.9. The van der Waals surface area contributed by atoms with Crippen LogP contribution in [0.5, 0.6) is 17.2 Å². The summed E-state index contributed by atoms with van der Waals surface area (Å²) in [5, 5.41) is 13.8. The summed E-state index contributed by atoms with van der Waals surface area (Å²) < 4.78 is 11.4. The van der Waals surface area contributed by atoms with Crippen LogP contribution in [0.15, 0.2) is 39.9 Å². The fraction of sp³-hybridized carbons (Fsp3) is 0.263. The molecule has 2 aromatic rings. The van der Waals surface area contributed by atoms with E-state index >= 15 is 0 Å². The van der Waals surface area contributed by atoms with Gasteiger partial charge in [0.2, 0.25) is 0 Å². The van der Waals surface area contributed by atoms with E-state index < -0.39 is 0 Å². The molecule has 6 nitrogen and oxygen atoms in total. The minimum absolute atomic E-state index is 0.0232. The van der Waals surface area contributed by atoms with E-state index in [1.54, 1.807) is 12.1 Å². The number of halogens is 1. The Bertz CT molecular complexity index is 801. The molecule has 0 aliphatic heterocycles. The summed E-state index contributed by atoms with van der Waals surface area (Å²) >= 11 is 3.25. The van der Waals surface area contributed by atoms with Crippen LogP contribution in [0.25, 0.3) is 0 Å². The van der Waals surface area contributed by atoms with Gasteiger partial charge in [0, 0.05) is 0 Å². The molecule has 138 valence electrons. The van der Waals surface area contributed by atoms with Crippen molar-refractivity contribution in [2.45, 2.75) is 20.8 Å². The van der Waals surface area contributed by atoms with Gasteiger partial charge in [0.15, 0.2) is 18.1 Å². The molecular weight excluding hydrogens is 400 g/mol. The van der Waals surface area contributed by atoms with Crippen LogP contribution in [-0.4, -0.2) is 30.4 Å². The number of ether oxygens (including phenoxy) is 2. The Balaban J connectivity index is 1.95. The minimum Gasteiger partial charge on any atom is -0.503 e. The van der Waals surface area contributed by atoms with Gasteiger partial charge in [-0.3, -0.25) is 4.79 Å². The number of para-hydroxylation sites is 1. The smallest absolute Gasteiger partial charge is 0.277 e. The van der Waals surface area contributed by atoms with E-state index in [0.717, 1.165) is 11.1 Å². The van der Waals surface area contributed by atoms with E-state index in [9.17, 15) is 9.90 Å². The summed E-state index contributed by atoms with van der Waals surface area (Å²) in [6.07, 6.45) is 1.46. The van der Waals surface area contributed by atoms with Crippen molar-refractivity contribution < 1.29 is 19.4 Å². The molecule has 2 N–H and O–H groups in total. The first kappa shape index (κ1) is 19.8. The number of hydrogen-bond acceptors (Lipinski definition) is 5. The van der Waals surface area contributed by atoms with Gasteiger partial charge in [-0.25, -0.2) is 5.43 Å². The van der Waals surface area contributed by atoms with Crippen molar-refractivity contribution in [3.05, 3.63) is 51.5 Å². The summed E-state index contributed by atoms with van der Waals surface area (Å²) in [5.74, 6) is 0.699. The highest BCUT2D eigenvalue weighted by Crippen LogP contribution is 2.35. The van der Waals surface area contributed by atoms with E-state index in [2.05, 4.69) is 26.5 Å². The highest BCUT2D eigenvalue weighted by molar-refractivity contribution is 9.10. The molecule has 0 spiro atoms. The lowest BCUT2D eigenvalue weighted by Crippen LogP contribution is -2.25. The number of aryl methyl sites for hydroxylation is 2. The molecule has 0 aromatic heterocycles. The van der Waals surface area contributed by atoms with Crippen LogP contribution in [0.3, 0.4) is 0 Å². The predicted octanol–water partition coefficient (Wildman–Crippen LogP) is 3.70. The maximum Gasteiger partial charge on any atom is 0.277 e. The van der Waals surface area contributed by atoms with Gasteiger partial charge in [-0.2, -0.15) is 5.10 Å². The average molecular weight is 421 g/mol. The molecule has 0 saturated heterocycles. The van der Waals surface area contributed by atoms with Crippen molar-refractivity contribution in [3.63, 3.8) is 0 Å². The monoisotopic (exact) mass is 420 g/mol. The molecule has 2 aromatic carbocycles. The van der Waals surface area contributed by atoms with Crippen LogP contribution >= 0.6 is 15.9 Å². The average Bonchev–Trinajstić information content (AvgIpc) is 2.59. The lowest BCUT2D eigenvalue weighted by molar-refractivity contribution is -0.123. The van der Waals surface area contributed by atoms with E-state index in [1.165, 1.54) is 6.21 Å². The molecule has 0 saturated carbocycles. The van der Waals surface area contributed by atoms with Crippen molar-refractivity contribution in [2.24, 2.45) is 5.10 Å². The summed E-state index contributed by atoms with van der Waals surface area (Å²) in [6.45, 7) is 5.97. The number of hydrazone groups is 1. The summed E-state index contributed by atoms with van der Waals surface area (Å²) in [6, 6.07) is 9.09. The fourth-order valence-electron chi connectivity index (χ4n) is 2.31. The second kappa shape index (κ2) is 9.24. The normalized spacial score (nSPS) is 10.8. The van der Waals surface area contributed by atoms with Crippen LogP contribution in [0.1, 0.15) is 23.6 Å². The quantitative estimate of drug-likeness (QED) is 0.528. The molecule has 7 heteroatoms. The van der Waals surface area contributed by atoms with Gasteiger partial charge < -0.3 is 14.6 Å². The summed E-state index contributed by atoms with van der Waals surface area (Å²) in [5.41, 5.74) is 5.02. The first-order valence-electron chi connectivity index (χ1n) is 8.08. The van der Waals surface area contributed by atoms with Crippen LogP contribution < -0.4 is 14.9 Å². The number of nitrogens with zero attached hydrogens (tertiary/aromatic N) is 1. The molecular formula is C19H21BrN2O4. The van der Waals surface area contributed by atoms with Crippen LogP contribution in [0.2, 0.25) is 0 Å². The molecule has 0 radical (unpaired) electrons. The van der Waals surface area contributed by atoms with Crippen molar-refractivity contribution in [1.82, 2.24) is 5.43 Å². The Morgan fingerprint density at radius 1 is 1.27 bits per heavy atom. The molecule has 26 heavy (non-hydrogen) atoms. The summed E-state index contributed by atoms with van der Waals surface area (Å²) in [7, 11) is 0. The third kappa shape index (κ3) is 5.23. The first-order valence-corrected chi connectivity index (χ1v) is 8.88. The zero-order valence-electron chi connectivity index (χ0n) is 14.9. The van der Waals surface area contributed by atoms with Crippen LogP contribution in [-0.2, 0) is 4.79 Å². The zero-order chi connectivity index (χ0) is 19.1. The van der Waals surface area contributed by atoms with Gasteiger partial charge in [-0.05, 0) is 65.5 Å². The Kier molecular flexibility index (Phi) is 7.03. The van der Waals surface area contributed by atoms with Crippen LogP contribution in [0.4, 0.5) is 0 Å².